The molecule has 0 fully saturated rings. The molecule has 1 rings (SSSR count). The van der Waals surface area contributed by atoms with E-state index in [1.165, 1.54) is 0 Å². The maximum Gasteiger partial charge on any atom is 0.322 e. The fraction of sp³-hybridized carbons (Fsp3) is 0.455. The van der Waals surface area contributed by atoms with E-state index in [9.17, 15) is 4.79 Å². The Morgan fingerprint density at radius 2 is 2.44 bits per heavy atom. The van der Waals surface area contributed by atoms with Crippen molar-refractivity contribution in [2.24, 2.45) is 0 Å². The summed E-state index contributed by atoms with van der Waals surface area (Å²) in [6.07, 6.45) is 3.50. The van der Waals surface area contributed by atoms with Gasteiger partial charge in [0, 0.05) is 25.5 Å². The number of carboxylic acids is 1. The van der Waals surface area contributed by atoms with Crippen molar-refractivity contribution in [2.45, 2.75) is 12.6 Å². The highest BCUT2D eigenvalue weighted by molar-refractivity contribution is 5.73. The minimum Gasteiger partial charge on any atom is -0.480 e. The summed E-state index contributed by atoms with van der Waals surface area (Å²) in [6.45, 7) is 1.15. The number of carboxylic acid groups (broad SMARTS) is 1. The number of rotatable bonds is 6. The third kappa shape index (κ3) is 3.96. The number of nitrogens with zero attached hydrogens (tertiary/aromatic N) is 2. The van der Waals surface area contributed by atoms with Gasteiger partial charge in [0.25, 0.3) is 0 Å². The Labute approximate surface area is 95.1 Å². The van der Waals surface area contributed by atoms with E-state index in [0.29, 0.717) is 13.1 Å². The van der Waals surface area contributed by atoms with Crippen molar-refractivity contribution in [1.29, 1.82) is 0 Å². The van der Waals surface area contributed by atoms with E-state index in [1.54, 1.807) is 19.4 Å². The molecule has 0 aliphatic rings. The van der Waals surface area contributed by atoms with Crippen LogP contribution in [0.1, 0.15) is 5.56 Å². The van der Waals surface area contributed by atoms with E-state index >= 15 is 0 Å². The van der Waals surface area contributed by atoms with Crippen LogP contribution in [0.2, 0.25) is 0 Å². The lowest BCUT2D eigenvalue weighted by Gasteiger charge is -2.20. The Bertz CT molecular complexity index is 329. The fourth-order valence-electron chi connectivity index (χ4n) is 1.47. The molecule has 1 aromatic heterocycles. The zero-order valence-electron chi connectivity index (χ0n) is 9.55. The van der Waals surface area contributed by atoms with Gasteiger partial charge in [0.15, 0.2) is 0 Å². The van der Waals surface area contributed by atoms with Crippen LogP contribution in [0.15, 0.2) is 24.5 Å². The van der Waals surface area contributed by atoms with Crippen LogP contribution in [-0.4, -0.2) is 47.6 Å². The molecule has 5 nitrogen and oxygen atoms in total. The van der Waals surface area contributed by atoms with Crippen LogP contribution in [0.5, 0.6) is 0 Å². The van der Waals surface area contributed by atoms with Crippen LogP contribution in [0, 0.1) is 0 Å². The van der Waals surface area contributed by atoms with E-state index in [0.717, 1.165) is 5.56 Å². The van der Waals surface area contributed by atoms with Gasteiger partial charge >= 0.3 is 5.97 Å². The molecular formula is C11H17N3O2. The molecule has 1 heterocycles. The number of hydrogen-bond acceptors (Lipinski definition) is 4. The number of hydrogen-bond donors (Lipinski definition) is 2. The average molecular weight is 223 g/mol. The quantitative estimate of drug-likeness (QED) is 0.720. The lowest BCUT2D eigenvalue weighted by molar-refractivity contribution is -0.139. The first kappa shape index (κ1) is 12.6. The molecule has 1 atom stereocenters. The molecule has 2 N–H and O–H groups in total. The monoisotopic (exact) mass is 223 g/mol. The summed E-state index contributed by atoms with van der Waals surface area (Å²) in [4.78, 5) is 16.8. The van der Waals surface area contributed by atoms with Gasteiger partial charge in [-0.25, -0.2) is 0 Å². The summed E-state index contributed by atoms with van der Waals surface area (Å²) in [7, 11) is 3.54. The van der Waals surface area contributed by atoms with Crippen molar-refractivity contribution in [3.05, 3.63) is 30.1 Å². The van der Waals surface area contributed by atoms with Gasteiger partial charge in [0.1, 0.15) is 6.04 Å². The van der Waals surface area contributed by atoms with E-state index in [1.807, 2.05) is 24.1 Å². The SMILES string of the molecule is CNC(CN(C)Cc1cccnc1)C(=O)O. The van der Waals surface area contributed by atoms with Crippen LogP contribution >= 0.6 is 0 Å². The standard InChI is InChI=1S/C11H17N3O2/c1-12-10(11(15)16)8-14(2)7-9-4-3-5-13-6-9/h3-6,10,12H,7-8H2,1-2H3,(H,15,16). The summed E-state index contributed by atoms with van der Waals surface area (Å²) >= 11 is 0. The van der Waals surface area contributed by atoms with Crippen molar-refractivity contribution < 1.29 is 9.90 Å². The number of carbonyl (C=O) groups is 1. The summed E-state index contributed by atoms with van der Waals surface area (Å²) in [5.74, 6) is -0.833. The molecule has 1 unspecified atom stereocenters. The third-order valence-electron chi connectivity index (χ3n) is 2.32. The van der Waals surface area contributed by atoms with Gasteiger partial charge < -0.3 is 10.4 Å². The second kappa shape index (κ2) is 6.19. The average Bonchev–Trinajstić information content (AvgIpc) is 2.27. The van der Waals surface area contributed by atoms with Gasteiger partial charge in [-0.15, -0.1) is 0 Å². The highest BCUT2D eigenvalue weighted by Gasteiger charge is 2.16. The van der Waals surface area contributed by atoms with E-state index < -0.39 is 12.0 Å². The van der Waals surface area contributed by atoms with Crippen LogP contribution in [0.3, 0.4) is 0 Å². The number of aliphatic carboxylic acids is 1. The van der Waals surface area contributed by atoms with Crippen molar-refractivity contribution in [1.82, 2.24) is 15.2 Å². The highest BCUT2D eigenvalue weighted by Crippen LogP contribution is 2.01. The van der Waals surface area contributed by atoms with Gasteiger partial charge in [-0.1, -0.05) is 6.07 Å². The third-order valence-corrected chi connectivity index (χ3v) is 2.32. The van der Waals surface area contributed by atoms with Gasteiger partial charge in [-0.3, -0.25) is 14.7 Å². The molecular weight excluding hydrogens is 206 g/mol. The lowest BCUT2D eigenvalue weighted by atomic mass is 10.2. The number of likely N-dealkylation sites (N-methyl/N-ethyl adjacent to an activating group) is 2. The molecule has 0 bridgehead atoms. The molecule has 0 saturated heterocycles. The van der Waals surface area contributed by atoms with Gasteiger partial charge in [0.05, 0.1) is 0 Å². The van der Waals surface area contributed by atoms with E-state index in [4.69, 9.17) is 5.11 Å². The van der Waals surface area contributed by atoms with Crippen LogP contribution in [0.4, 0.5) is 0 Å². The Hall–Kier alpha value is -1.46. The predicted molar refractivity (Wildman–Crippen MR) is 61.1 cm³/mol. The lowest BCUT2D eigenvalue weighted by Crippen LogP contribution is -2.43. The van der Waals surface area contributed by atoms with Crippen molar-refractivity contribution >= 4 is 5.97 Å². The van der Waals surface area contributed by atoms with E-state index in [2.05, 4.69) is 10.3 Å². The minimum atomic E-state index is -0.833. The molecule has 0 aliphatic carbocycles. The highest BCUT2D eigenvalue weighted by atomic mass is 16.4. The Morgan fingerprint density at radius 3 is 2.94 bits per heavy atom. The van der Waals surface area contributed by atoms with Gasteiger partial charge in [-0.2, -0.15) is 0 Å². The van der Waals surface area contributed by atoms with Gasteiger partial charge in [-0.05, 0) is 25.7 Å². The fourth-order valence-corrected chi connectivity index (χ4v) is 1.47. The minimum absolute atomic E-state index is 0.459. The van der Waals surface area contributed by atoms with Crippen molar-refractivity contribution in [3.63, 3.8) is 0 Å². The molecule has 0 spiro atoms. The Kier molecular flexibility index (Phi) is 4.88. The van der Waals surface area contributed by atoms with Crippen molar-refractivity contribution in [3.8, 4) is 0 Å². The summed E-state index contributed by atoms with van der Waals surface area (Å²) in [5, 5.41) is 11.6. The first-order valence-corrected chi connectivity index (χ1v) is 5.11. The zero-order valence-corrected chi connectivity index (χ0v) is 9.55. The molecule has 0 saturated carbocycles. The molecule has 0 radical (unpaired) electrons. The second-order valence-electron chi connectivity index (χ2n) is 3.74. The molecule has 0 amide bonds. The summed E-state index contributed by atoms with van der Waals surface area (Å²) < 4.78 is 0. The normalized spacial score (nSPS) is 12.7. The van der Waals surface area contributed by atoms with Crippen molar-refractivity contribution in [2.75, 3.05) is 20.6 Å². The first-order valence-electron chi connectivity index (χ1n) is 5.11. The summed E-state index contributed by atoms with van der Waals surface area (Å²) in [5.41, 5.74) is 1.07. The number of aromatic nitrogens is 1. The first-order chi connectivity index (χ1) is 7.63. The number of nitrogens with one attached hydrogen (secondary N) is 1. The molecule has 0 aliphatic heterocycles. The molecule has 0 aromatic carbocycles. The molecule has 88 valence electrons. The van der Waals surface area contributed by atoms with Crippen LogP contribution in [-0.2, 0) is 11.3 Å². The maximum absolute atomic E-state index is 10.8. The summed E-state index contributed by atoms with van der Waals surface area (Å²) in [6, 6.07) is 3.30. The topological polar surface area (TPSA) is 65.5 Å². The Morgan fingerprint density at radius 1 is 1.69 bits per heavy atom. The van der Waals surface area contributed by atoms with Gasteiger partial charge in [0.2, 0.25) is 0 Å². The smallest absolute Gasteiger partial charge is 0.322 e. The molecule has 16 heavy (non-hydrogen) atoms. The van der Waals surface area contributed by atoms with E-state index in [-0.39, 0.29) is 0 Å². The van der Waals surface area contributed by atoms with Crippen LogP contribution in [0.25, 0.3) is 0 Å². The number of pyridine rings is 1. The largest absolute Gasteiger partial charge is 0.480 e. The second-order valence-corrected chi connectivity index (χ2v) is 3.74. The Balaban J connectivity index is 2.47. The zero-order chi connectivity index (χ0) is 12.0. The maximum atomic E-state index is 10.8. The van der Waals surface area contributed by atoms with Crippen LogP contribution < -0.4 is 5.32 Å². The molecule has 1 aromatic rings. The predicted octanol–water partition coefficient (Wildman–Crippen LogP) is 0.186. The molecule has 5 heteroatoms.